The summed E-state index contributed by atoms with van der Waals surface area (Å²) in [5, 5.41) is 3.30. The second-order valence-corrected chi connectivity index (χ2v) is 9.77. The average Bonchev–Trinajstić information content (AvgIpc) is 3.04. The topological polar surface area (TPSA) is 32.3 Å². The highest BCUT2D eigenvalue weighted by Gasteiger charge is 2.40. The van der Waals surface area contributed by atoms with E-state index in [4.69, 9.17) is 0 Å². The SMILES string of the molecule is Cc1ccc(Sc2ccc(C(=O)NC3C4CCN(CC4)C3C)cc2)s1. The van der Waals surface area contributed by atoms with E-state index in [0.717, 1.165) is 5.56 Å². The van der Waals surface area contributed by atoms with Crippen molar-refractivity contribution in [2.75, 3.05) is 13.1 Å². The number of carbonyl (C=O) groups excluding carboxylic acids is 1. The number of fused-ring (bicyclic) bond motifs is 3. The molecule has 5 heteroatoms. The smallest absolute Gasteiger partial charge is 0.251 e. The van der Waals surface area contributed by atoms with Gasteiger partial charge >= 0.3 is 0 Å². The Labute approximate surface area is 157 Å². The van der Waals surface area contributed by atoms with Crippen molar-refractivity contribution in [1.29, 1.82) is 0 Å². The Kier molecular flexibility index (Phi) is 4.89. The molecule has 1 amide bonds. The molecule has 1 aromatic heterocycles. The lowest BCUT2D eigenvalue weighted by Crippen LogP contribution is -2.62. The van der Waals surface area contributed by atoms with Crippen molar-refractivity contribution in [3.63, 3.8) is 0 Å². The molecule has 3 nitrogen and oxygen atoms in total. The van der Waals surface area contributed by atoms with Crippen molar-refractivity contribution >= 4 is 29.0 Å². The Morgan fingerprint density at radius 2 is 1.88 bits per heavy atom. The zero-order chi connectivity index (χ0) is 17.4. The predicted molar refractivity (Wildman–Crippen MR) is 105 cm³/mol. The molecule has 1 aromatic carbocycles. The molecular weight excluding hydrogens is 348 g/mol. The molecule has 5 rings (SSSR count). The van der Waals surface area contributed by atoms with Gasteiger partial charge in [-0.3, -0.25) is 9.69 Å². The number of nitrogens with zero attached hydrogens (tertiary/aromatic N) is 1. The van der Waals surface area contributed by atoms with Crippen LogP contribution in [-0.4, -0.2) is 36.0 Å². The molecule has 3 aliphatic heterocycles. The summed E-state index contributed by atoms with van der Waals surface area (Å²) in [4.78, 5) is 17.7. The molecule has 25 heavy (non-hydrogen) atoms. The molecular formula is C20H24N2OS2. The average molecular weight is 373 g/mol. The molecule has 3 aliphatic rings. The van der Waals surface area contributed by atoms with Crippen LogP contribution < -0.4 is 5.32 Å². The zero-order valence-electron chi connectivity index (χ0n) is 14.7. The van der Waals surface area contributed by atoms with E-state index in [0.29, 0.717) is 12.0 Å². The number of hydrogen-bond acceptors (Lipinski definition) is 4. The number of piperidine rings is 3. The summed E-state index contributed by atoms with van der Waals surface area (Å²) in [7, 11) is 0. The van der Waals surface area contributed by atoms with Crippen LogP contribution in [0.2, 0.25) is 0 Å². The van der Waals surface area contributed by atoms with Crippen LogP contribution in [0.1, 0.15) is 35.0 Å². The minimum atomic E-state index is 0.0640. The zero-order valence-corrected chi connectivity index (χ0v) is 16.3. The van der Waals surface area contributed by atoms with Gasteiger partial charge in [0.15, 0.2) is 0 Å². The lowest BCUT2D eigenvalue weighted by atomic mass is 9.79. The van der Waals surface area contributed by atoms with E-state index in [-0.39, 0.29) is 11.9 Å². The molecule has 0 spiro atoms. The van der Waals surface area contributed by atoms with E-state index >= 15 is 0 Å². The minimum absolute atomic E-state index is 0.0640. The fraction of sp³-hybridized carbons (Fsp3) is 0.450. The van der Waals surface area contributed by atoms with Gasteiger partial charge in [0.2, 0.25) is 0 Å². The number of benzene rings is 1. The van der Waals surface area contributed by atoms with Gasteiger partial charge in [0.25, 0.3) is 5.91 Å². The third-order valence-electron chi connectivity index (χ3n) is 5.53. The normalized spacial score (nSPS) is 28.1. The lowest BCUT2D eigenvalue weighted by Gasteiger charge is -2.49. The first kappa shape index (κ1) is 17.1. The molecule has 1 N–H and O–H groups in total. The molecule has 4 heterocycles. The quantitative estimate of drug-likeness (QED) is 0.862. The maximum atomic E-state index is 12.7. The standard InChI is InChI=1S/C20H24N2OS2/c1-13-3-8-18(24-13)25-17-6-4-16(5-7-17)20(23)21-19-14(2)22-11-9-15(19)10-12-22/h3-8,14-15,19H,9-12H2,1-2H3,(H,21,23). The van der Waals surface area contributed by atoms with Crippen LogP contribution >= 0.6 is 23.1 Å². The van der Waals surface area contributed by atoms with Crippen LogP contribution in [-0.2, 0) is 0 Å². The van der Waals surface area contributed by atoms with Crippen LogP contribution in [0.3, 0.4) is 0 Å². The molecule has 0 saturated carbocycles. The van der Waals surface area contributed by atoms with Gasteiger partial charge in [0.05, 0.1) is 4.21 Å². The van der Waals surface area contributed by atoms with Gasteiger partial charge in [0.1, 0.15) is 0 Å². The highest BCUT2D eigenvalue weighted by atomic mass is 32.2. The number of thiophene rings is 1. The van der Waals surface area contributed by atoms with E-state index < -0.39 is 0 Å². The summed E-state index contributed by atoms with van der Waals surface area (Å²) >= 11 is 3.56. The molecule has 0 radical (unpaired) electrons. The van der Waals surface area contributed by atoms with Crippen molar-refractivity contribution in [2.24, 2.45) is 5.92 Å². The van der Waals surface area contributed by atoms with Crippen LogP contribution in [0.5, 0.6) is 0 Å². The molecule has 2 aromatic rings. The summed E-state index contributed by atoms with van der Waals surface area (Å²) in [5.41, 5.74) is 0.760. The van der Waals surface area contributed by atoms with E-state index in [9.17, 15) is 4.79 Å². The Morgan fingerprint density at radius 1 is 1.16 bits per heavy atom. The van der Waals surface area contributed by atoms with Gasteiger partial charge in [-0.2, -0.15) is 0 Å². The number of nitrogens with one attached hydrogen (secondary N) is 1. The van der Waals surface area contributed by atoms with E-state index in [2.05, 4.69) is 48.3 Å². The summed E-state index contributed by atoms with van der Waals surface area (Å²) < 4.78 is 1.29. The van der Waals surface area contributed by atoms with Gasteiger partial charge in [-0.15, -0.1) is 11.3 Å². The second-order valence-electron chi connectivity index (χ2n) is 7.10. The minimum Gasteiger partial charge on any atom is -0.347 e. The fourth-order valence-electron chi connectivity index (χ4n) is 4.04. The highest BCUT2D eigenvalue weighted by molar-refractivity contribution is 8.01. The molecule has 2 atom stereocenters. The van der Waals surface area contributed by atoms with Crippen LogP contribution in [0.15, 0.2) is 45.5 Å². The van der Waals surface area contributed by atoms with Gasteiger partial charge in [0, 0.05) is 27.4 Å². The van der Waals surface area contributed by atoms with Crippen LogP contribution in [0.4, 0.5) is 0 Å². The summed E-state index contributed by atoms with van der Waals surface area (Å²) in [5.74, 6) is 0.704. The first-order valence-corrected chi connectivity index (χ1v) is 10.6. The molecule has 2 bridgehead atoms. The number of rotatable bonds is 4. The Balaban J connectivity index is 1.40. The lowest BCUT2D eigenvalue weighted by molar-refractivity contribution is 0.0217. The van der Waals surface area contributed by atoms with Crippen molar-refractivity contribution in [2.45, 2.75) is 47.9 Å². The first-order chi connectivity index (χ1) is 12.1. The summed E-state index contributed by atoms with van der Waals surface area (Å²) in [6.07, 6.45) is 2.43. The van der Waals surface area contributed by atoms with Gasteiger partial charge in [-0.25, -0.2) is 0 Å². The summed E-state index contributed by atoms with van der Waals surface area (Å²) in [6.45, 7) is 6.75. The predicted octanol–water partition coefficient (Wildman–Crippen LogP) is 4.42. The number of aryl methyl sites for hydroxylation is 1. The van der Waals surface area contributed by atoms with Crippen molar-refractivity contribution < 1.29 is 4.79 Å². The molecule has 3 fully saturated rings. The van der Waals surface area contributed by atoms with Crippen LogP contribution in [0.25, 0.3) is 0 Å². The molecule has 3 saturated heterocycles. The van der Waals surface area contributed by atoms with Gasteiger partial charge in [-0.05, 0) is 82.1 Å². The monoisotopic (exact) mass is 372 g/mol. The summed E-state index contributed by atoms with van der Waals surface area (Å²) in [6, 6.07) is 13.0. The number of carbonyl (C=O) groups is 1. The molecule has 2 unspecified atom stereocenters. The Hall–Kier alpha value is -1.30. The Bertz CT molecular complexity index is 745. The maximum Gasteiger partial charge on any atom is 0.251 e. The number of amides is 1. The first-order valence-electron chi connectivity index (χ1n) is 8.99. The fourth-order valence-corrected chi connectivity index (χ4v) is 6.12. The molecule has 132 valence electrons. The third-order valence-corrected chi connectivity index (χ3v) is 7.67. The van der Waals surface area contributed by atoms with E-state index in [1.165, 1.54) is 39.9 Å². The second kappa shape index (κ2) is 7.14. The van der Waals surface area contributed by atoms with Crippen molar-refractivity contribution in [3.05, 3.63) is 46.8 Å². The Morgan fingerprint density at radius 3 is 2.48 bits per heavy atom. The van der Waals surface area contributed by atoms with Crippen LogP contribution in [0, 0.1) is 12.8 Å². The van der Waals surface area contributed by atoms with E-state index in [1.807, 2.05) is 12.1 Å². The highest BCUT2D eigenvalue weighted by Crippen LogP contribution is 2.34. The number of hydrogen-bond donors (Lipinski definition) is 1. The van der Waals surface area contributed by atoms with Crippen molar-refractivity contribution in [1.82, 2.24) is 10.2 Å². The van der Waals surface area contributed by atoms with Gasteiger partial charge in [-0.1, -0.05) is 11.8 Å². The van der Waals surface area contributed by atoms with E-state index in [1.54, 1.807) is 23.1 Å². The largest absolute Gasteiger partial charge is 0.347 e. The van der Waals surface area contributed by atoms with Crippen molar-refractivity contribution in [3.8, 4) is 0 Å². The van der Waals surface area contributed by atoms with Gasteiger partial charge < -0.3 is 5.32 Å². The third kappa shape index (κ3) is 3.64. The maximum absolute atomic E-state index is 12.7. The molecule has 0 aliphatic carbocycles.